The predicted molar refractivity (Wildman–Crippen MR) is 250 cm³/mol. The zero-order valence-corrected chi connectivity index (χ0v) is 38.0. The highest BCUT2D eigenvalue weighted by atomic mass is 33.1. The summed E-state index contributed by atoms with van der Waals surface area (Å²) in [5, 5.41) is 8.97. The summed E-state index contributed by atoms with van der Waals surface area (Å²) in [6, 6.07) is 22.1. The lowest BCUT2D eigenvalue weighted by Crippen LogP contribution is -2.44. The molecule has 4 aliphatic heterocycles. The maximum atomic E-state index is 14.4. The van der Waals surface area contributed by atoms with Crippen LogP contribution in [0.4, 0.5) is 27.5 Å². The Balaban J connectivity index is 0.909. The highest BCUT2D eigenvalue weighted by Crippen LogP contribution is 2.44. The Kier molecular flexibility index (Phi) is 13.6. The van der Waals surface area contributed by atoms with Crippen molar-refractivity contribution in [3.05, 3.63) is 95.1 Å². The molecule has 1 N–H and O–H groups in total. The van der Waals surface area contributed by atoms with Gasteiger partial charge in [-0.2, -0.15) is 0 Å². The van der Waals surface area contributed by atoms with Crippen molar-refractivity contribution in [3.63, 3.8) is 0 Å². The molecule has 14 nitrogen and oxygen atoms in total. The molecule has 4 aromatic carbocycles. The highest BCUT2D eigenvalue weighted by Gasteiger charge is 2.43. The molecule has 16 heteroatoms. The molecular weight excluding hydrogens is 857 g/mol. The van der Waals surface area contributed by atoms with Crippen LogP contribution in [-0.2, 0) is 22.4 Å². The van der Waals surface area contributed by atoms with Gasteiger partial charge in [0.1, 0.15) is 6.61 Å². The number of aliphatic carboxylic acids is 1. The number of benzene rings is 4. The molecule has 8 rings (SSSR count). The van der Waals surface area contributed by atoms with E-state index in [0.29, 0.717) is 96.6 Å². The minimum absolute atomic E-state index is 0.0987. The van der Waals surface area contributed by atoms with Crippen molar-refractivity contribution in [2.45, 2.75) is 75.6 Å². The lowest BCUT2D eigenvalue weighted by Gasteiger charge is -2.28. The van der Waals surface area contributed by atoms with Crippen molar-refractivity contribution in [1.29, 1.82) is 0 Å². The van der Waals surface area contributed by atoms with Gasteiger partial charge < -0.3 is 33.7 Å². The number of rotatable bonds is 18. The number of hydrogen-bond acceptors (Lipinski definition) is 12. The number of carbonyl (C=O) groups is 4. The molecule has 0 radical (unpaired) electrons. The number of methoxy groups -OCH3 is 2. The quantitative estimate of drug-likeness (QED) is 0.0747. The van der Waals surface area contributed by atoms with Gasteiger partial charge in [-0.3, -0.25) is 29.2 Å². The number of amides is 3. The Morgan fingerprint density at radius 3 is 2.08 bits per heavy atom. The maximum Gasteiger partial charge on any atom is 0.414 e. The van der Waals surface area contributed by atoms with Gasteiger partial charge in [-0.15, -0.1) is 0 Å². The van der Waals surface area contributed by atoms with Crippen LogP contribution < -0.4 is 33.6 Å². The van der Waals surface area contributed by atoms with Crippen LogP contribution in [0.15, 0.2) is 77.8 Å². The number of carboxylic acid groups (broad SMARTS) is 1. The van der Waals surface area contributed by atoms with E-state index in [-0.39, 0.29) is 43.5 Å². The molecule has 0 fully saturated rings. The number of para-hydroxylation sites is 2. The lowest BCUT2D eigenvalue weighted by atomic mass is 10.1. The summed E-state index contributed by atoms with van der Waals surface area (Å²) in [4.78, 5) is 63.0. The SMILES string of the molecule is COc1cc2c(cc1OCCCCCOc1cc3c(cc1OC)C(=O)N1c4ccccc4C[C@H]1CN3C(=O)OCC(C)(C)SSCCCC(=O)O)N=C[C@@H]1Cc3ccccc3N1C2=O. The van der Waals surface area contributed by atoms with E-state index in [9.17, 15) is 19.2 Å². The first-order valence-electron chi connectivity index (χ1n) is 21.5. The van der Waals surface area contributed by atoms with Crippen molar-refractivity contribution in [1.82, 2.24) is 0 Å². The van der Waals surface area contributed by atoms with Gasteiger partial charge in [0.2, 0.25) is 0 Å². The molecule has 0 saturated carbocycles. The second-order valence-electron chi connectivity index (χ2n) is 16.6. The third-order valence-electron chi connectivity index (χ3n) is 11.6. The molecule has 0 aliphatic carbocycles. The van der Waals surface area contributed by atoms with E-state index in [4.69, 9.17) is 33.8 Å². The first kappa shape index (κ1) is 44.7. The molecule has 2 atom stereocenters. The zero-order valence-electron chi connectivity index (χ0n) is 36.4. The van der Waals surface area contributed by atoms with E-state index in [2.05, 4.69) is 0 Å². The van der Waals surface area contributed by atoms with E-state index in [1.165, 1.54) is 12.0 Å². The van der Waals surface area contributed by atoms with Gasteiger partial charge >= 0.3 is 12.1 Å². The largest absolute Gasteiger partial charge is 0.493 e. The lowest BCUT2D eigenvalue weighted by molar-refractivity contribution is -0.137. The number of fused-ring (bicyclic) bond motifs is 8. The highest BCUT2D eigenvalue weighted by molar-refractivity contribution is 8.77. The molecular formula is C48H52N4O10S2. The Morgan fingerprint density at radius 1 is 0.766 bits per heavy atom. The Morgan fingerprint density at radius 2 is 1.39 bits per heavy atom. The average Bonchev–Trinajstić information content (AvgIpc) is 3.78. The van der Waals surface area contributed by atoms with Crippen LogP contribution in [0, 0.1) is 0 Å². The number of carboxylic acids is 1. The number of aliphatic imine (C=N–C) groups is 1. The van der Waals surface area contributed by atoms with Crippen LogP contribution in [0.25, 0.3) is 0 Å². The van der Waals surface area contributed by atoms with E-state index >= 15 is 0 Å². The number of hydrogen-bond donors (Lipinski definition) is 1. The first-order chi connectivity index (χ1) is 31.0. The number of unbranched alkanes of at least 4 members (excludes halogenated alkanes) is 2. The fourth-order valence-electron chi connectivity index (χ4n) is 8.46. The standard InChI is InChI=1S/C48H52N4O10S2/c1-48(2,64-63-20-12-17-44(53)54)29-62-47(57)50-28-33-22-31-14-7-9-16-38(31)52(33)46(56)35-24-41(59-4)43(26-39(35)50)61-19-11-5-10-18-60-42-25-36-34(23-40(42)58-3)45(55)51-32(27-49-36)21-30-13-6-8-15-37(30)51/h6-9,13-16,23-27,32-33H,5,10-12,17-22,28-29H2,1-4H3,(H,53,54)/t32-,33-/m0/s1. The van der Waals surface area contributed by atoms with E-state index in [1.807, 2.05) is 68.6 Å². The molecule has 0 aromatic heterocycles. The predicted octanol–water partition coefficient (Wildman–Crippen LogP) is 9.17. The third kappa shape index (κ3) is 9.48. The van der Waals surface area contributed by atoms with Crippen LogP contribution in [0.2, 0.25) is 0 Å². The number of carbonyl (C=O) groups excluding carboxylic acids is 3. The normalized spacial score (nSPS) is 17.0. The van der Waals surface area contributed by atoms with E-state index < -0.39 is 16.8 Å². The van der Waals surface area contributed by atoms with Crippen LogP contribution >= 0.6 is 21.6 Å². The Labute approximate surface area is 380 Å². The molecule has 336 valence electrons. The fourth-order valence-corrected chi connectivity index (χ4v) is 10.9. The summed E-state index contributed by atoms with van der Waals surface area (Å²) >= 11 is 0. The number of anilines is 3. The molecule has 0 bridgehead atoms. The van der Waals surface area contributed by atoms with Gasteiger partial charge in [0, 0.05) is 48.3 Å². The van der Waals surface area contributed by atoms with Gasteiger partial charge in [0.05, 0.1) is 73.3 Å². The van der Waals surface area contributed by atoms with Crippen LogP contribution in [0.5, 0.6) is 23.0 Å². The van der Waals surface area contributed by atoms with Crippen molar-refractivity contribution < 1.29 is 48.0 Å². The first-order valence-corrected chi connectivity index (χ1v) is 23.8. The number of nitrogens with zero attached hydrogens (tertiary/aromatic N) is 4. The summed E-state index contributed by atoms with van der Waals surface area (Å²) in [5.41, 5.74) is 5.54. The molecule has 4 aliphatic rings. The molecule has 0 saturated heterocycles. The Hall–Kier alpha value is -5.87. The molecule has 4 aromatic rings. The van der Waals surface area contributed by atoms with Crippen molar-refractivity contribution in [2.75, 3.05) is 61.0 Å². The Bertz CT molecular complexity index is 2460. The topological polar surface area (TPSA) is 157 Å². The molecule has 0 spiro atoms. The minimum Gasteiger partial charge on any atom is -0.493 e. The summed E-state index contributed by atoms with van der Waals surface area (Å²) in [5.74, 6) is 1.20. The molecule has 0 unspecified atom stereocenters. The summed E-state index contributed by atoms with van der Waals surface area (Å²) in [7, 11) is 6.17. The molecule has 4 heterocycles. The smallest absolute Gasteiger partial charge is 0.414 e. The summed E-state index contributed by atoms with van der Waals surface area (Å²) in [6.45, 7) is 4.99. The third-order valence-corrected chi connectivity index (χ3v) is 14.9. The van der Waals surface area contributed by atoms with Crippen LogP contribution in [0.3, 0.4) is 0 Å². The monoisotopic (exact) mass is 908 g/mol. The van der Waals surface area contributed by atoms with Gasteiger partial charge in [0.25, 0.3) is 11.8 Å². The van der Waals surface area contributed by atoms with Crippen molar-refractivity contribution in [2.24, 2.45) is 4.99 Å². The number of ether oxygens (including phenoxy) is 5. The van der Waals surface area contributed by atoms with Crippen molar-refractivity contribution in [3.8, 4) is 23.0 Å². The maximum absolute atomic E-state index is 14.4. The van der Waals surface area contributed by atoms with E-state index in [1.54, 1.807) is 62.8 Å². The van der Waals surface area contributed by atoms with Crippen LogP contribution in [-0.4, -0.2) is 98.4 Å². The van der Waals surface area contributed by atoms with Gasteiger partial charge in [-0.1, -0.05) is 58.0 Å². The van der Waals surface area contributed by atoms with Crippen LogP contribution in [0.1, 0.15) is 77.8 Å². The fraction of sp³-hybridized carbons (Fsp3) is 0.396. The average molecular weight is 909 g/mol. The van der Waals surface area contributed by atoms with Gasteiger partial charge in [-0.25, -0.2) is 4.79 Å². The second kappa shape index (κ2) is 19.5. The zero-order chi connectivity index (χ0) is 45.0. The minimum atomic E-state index is -0.824. The van der Waals surface area contributed by atoms with Crippen molar-refractivity contribution >= 4 is 74.4 Å². The van der Waals surface area contributed by atoms with E-state index in [0.717, 1.165) is 28.9 Å². The summed E-state index contributed by atoms with van der Waals surface area (Å²) in [6.07, 6.45) is 5.36. The molecule has 3 amide bonds. The van der Waals surface area contributed by atoms with Gasteiger partial charge in [-0.05, 0) is 81.3 Å². The summed E-state index contributed by atoms with van der Waals surface area (Å²) < 4.78 is 29.4. The van der Waals surface area contributed by atoms with Gasteiger partial charge in [0.15, 0.2) is 23.0 Å². The molecule has 64 heavy (non-hydrogen) atoms. The second-order valence-corrected chi connectivity index (χ2v) is 19.8.